The molecule has 0 spiro atoms. The quantitative estimate of drug-likeness (QED) is 0.655. The molecule has 1 unspecified atom stereocenters. The average molecular weight is 243 g/mol. The third-order valence-corrected chi connectivity index (χ3v) is 3.13. The van der Waals surface area contributed by atoms with Gasteiger partial charge in [0.15, 0.2) is 11.1 Å². The molecule has 0 amide bonds. The van der Waals surface area contributed by atoms with E-state index in [0.717, 1.165) is 0 Å². The van der Waals surface area contributed by atoms with E-state index in [-0.39, 0.29) is 6.61 Å². The monoisotopic (exact) mass is 242 g/mol. The molecule has 4 saturated heterocycles. The topological polar surface area (TPSA) is 57.2 Å². The van der Waals surface area contributed by atoms with E-state index in [0.29, 0.717) is 0 Å². The minimum atomic E-state index is -1.48. The fourth-order valence-corrected chi connectivity index (χ4v) is 2.20. The normalized spacial score (nSPS) is 55.7. The Labute approximate surface area is 89.8 Å². The minimum Gasteiger partial charge on any atom is -0.387 e. The molecule has 5 nitrogen and oxygen atoms in total. The standard InChI is InChI=1S/C7H8Cl2O5/c8-6(9)7-11-1-2-3(10)4(13-7)5(12-2)14-7/h2-6,10H,1H2/t2-,3-,4+,5+,7?/m1/s1. The lowest BCUT2D eigenvalue weighted by Gasteiger charge is -2.25. The SMILES string of the molecule is O[C@H]1[C@@H]2OC3(C(Cl)Cl)OC[C@H]1O[C@H]2O3. The Balaban J connectivity index is 1.95. The third-order valence-electron chi connectivity index (χ3n) is 2.59. The Kier molecular flexibility index (Phi) is 2.02. The maximum absolute atomic E-state index is 9.69. The van der Waals surface area contributed by atoms with Gasteiger partial charge in [-0.1, -0.05) is 23.2 Å². The van der Waals surface area contributed by atoms with E-state index in [1.165, 1.54) is 0 Å². The largest absolute Gasteiger partial charge is 0.387 e. The van der Waals surface area contributed by atoms with Gasteiger partial charge < -0.3 is 19.3 Å². The maximum atomic E-state index is 9.69. The Morgan fingerprint density at radius 2 is 2.14 bits per heavy atom. The third kappa shape index (κ3) is 1.09. The van der Waals surface area contributed by atoms with Crippen LogP contribution < -0.4 is 0 Å². The van der Waals surface area contributed by atoms with Crippen molar-refractivity contribution in [1.29, 1.82) is 0 Å². The van der Waals surface area contributed by atoms with Crippen LogP contribution >= 0.6 is 23.2 Å². The Bertz CT molecular complexity index is 262. The molecular weight excluding hydrogens is 235 g/mol. The number of hydrogen-bond acceptors (Lipinski definition) is 5. The first-order valence-electron chi connectivity index (χ1n) is 4.24. The van der Waals surface area contributed by atoms with Gasteiger partial charge in [-0.3, -0.25) is 4.74 Å². The number of halogens is 2. The summed E-state index contributed by atoms with van der Waals surface area (Å²) in [5.41, 5.74) is 0. The highest BCUT2D eigenvalue weighted by molar-refractivity contribution is 6.44. The van der Waals surface area contributed by atoms with Crippen LogP contribution in [0.25, 0.3) is 0 Å². The summed E-state index contributed by atoms with van der Waals surface area (Å²) in [4.78, 5) is -0.984. The molecule has 1 N–H and O–H groups in total. The molecule has 0 aromatic carbocycles. The predicted molar refractivity (Wildman–Crippen MR) is 44.8 cm³/mol. The molecule has 0 aromatic heterocycles. The smallest absolute Gasteiger partial charge is 0.317 e. The van der Waals surface area contributed by atoms with Crippen molar-refractivity contribution in [2.24, 2.45) is 0 Å². The molecule has 4 fully saturated rings. The predicted octanol–water partition coefficient (Wildman–Crippen LogP) is -0.0247. The molecule has 14 heavy (non-hydrogen) atoms. The van der Waals surface area contributed by atoms with E-state index in [2.05, 4.69) is 0 Å². The molecule has 4 heterocycles. The molecular formula is C7H8Cl2O5. The number of aliphatic hydroxyl groups excluding tert-OH is 1. The lowest BCUT2D eigenvalue weighted by atomic mass is 10.1. The summed E-state index contributed by atoms with van der Waals surface area (Å²) in [6.45, 7) is 0.157. The van der Waals surface area contributed by atoms with Crippen molar-refractivity contribution in [2.45, 2.75) is 35.4 Å². The number of aliphatic hydroxyl groups is 1. The molecule has 7 heteroatoms. The van der Waals surface area contributed by atoms with Gasteiger partial charge in [0.2, 0.25) is 0 Å². The van der Waals surface area contributed by atoms with Crippen molar-refractivity contribution >= 4 is 23.2 Å². The van der Waals surface area contributed by atoms with E-state index in [4.69, 9.17) is 42.1 Å². The zero-order valence-corrected chi connectivity index (χ0v) is 8.44. The van der Waals surface area contributed by atoms with Crippen molar-refractivity contribution in [3.05, 3.63) is 0 Å². The molecule has 4 bridgehead atoms. The number of ether oxygens (including phenoxy) is 4. The summed E-state index contributed by atoms with van der Waals surface area (Å²) in [5.74, 6) is -1.48. The van der Waals surface area contributed by atoms with Gasteiger partial charge in [-0.25, -0.2) is 0 Å². The van der Waals surface area contributed by atoms with Gasteiger partial charge in [0.1, 0.15) is 18.3 Å². The second-order valence-electron chi connectivity index (χ2n) is 3.45. The van der Waals surface area contributed by atoms with Crippen molar-refractivity contribution in [3.63, 3.8) is 0 Å². The summed E-state index contributed by atoms with van der Waals surface area (Å²) in [6, 6.07) is 0. The summed E-state index contributed by atoms with van der Waals surface area (Å²) >= 11 is 11.4. The zero-order valence-electron chi connectivity index (χ0n) is 6.93. The Morgan fingerprint density at radius 1 is 1.36 bits per heavy atom. The first-order chi connectivity index (χ1) is 6.62. The molecule has 5 atom stereocenters. The number of fused-ring (bicyclic) bond motifs is 1. The van der Waals surface area contributed by atoms with Crippen molar-refractivity contribution < 1.29 is 24.1 Å². The van der Waals surface area contributed by atoms with E-state index >= 15 is 0 Å². The van der Waals surface area contributed by atoms with Gasteiger partial charge in [0, 0.05) is 0 Å². The van der Waals surface area contributed by atoms with E-state index < -0.39 is 35.4 Å². The number of alkyl halides is 2. The van der Waals surface area contributed by atoms with Crippen LogP contribution in [0.1, 0.15) is 0 Å². The summed E-state index contributed by atoms with van der Waals surface area (Å²) in [6.07, 6.45) is -2.39. The maximum Gasteiger partial charge on any atom is 0.317 e. The molecule has 0 radical (unpaired) electrons. The lowest BCUT2D eigenvalue weighted by Crippen LogP contribution is -2.40. The van der Waals surface area contributed by atoms with Crippen molar-refractivity contribution in [2.75, 3.05) is 6.61 Å². The van der Waals surface area contributed by atoms with Crippen molar-refractivity contribution in [3.8, 4) is 0 Å². The van der Waals surface area contributed by atoms with Crippen LogP contribution in [0.4, 0.5) is 0 Å². The summed E-state index contributed by atoms with van der Waals surface area (Å²) in [5, 5.41) is 9.69. The Morgan fingerprint density at radius 3 is 2.79 bits per heavy atom. The van der Waals surface area contributed by atoms with Gasteiger partial charge in [-0.15, -0.1) is 0 Å². The molecule has 4 aliphatic heterocycles. The molecule has 4 aliphatic rings. The van der Waals surface area contributed by atoms with Crippen LogP contribution in [0.5, 0.6) is 0 Å². The fourth-order valence-electron chi connectivity index (χ4n) is 1.87. The van der Waals surface area contributed by atoms with Crippen LogP contribution in [-0.4, -0.2) is 47.1 Å². The van der Waals surface area contributed by atoms with Crippen LogP contribution in [0.3, 0.4) is 0 Å². The molecule has 80 valence electrons. The molecule has 0 aromatic rings. The first kappa shape index (κ1) is 9.59. The lowest BCUT2D eigenvalue weighted by molar-refractivity contribution is -0.328. The van der Waals surface area contributed by atoms with Gasteiger partial charge >= 0.3 is 5.97 Å². The van der Waals surface area contributed by atoms with Gasteiger partial charge in [-0.05, 0) is 0 Å². The summed E-state index contributed by atoms with van der Waals surface area (Å²) in [7, 11) is 0. The second-order valence-corrected chi connectivity index (χ2v) is 4.55. The minimum absolute atomic E-state index is 0.157. The van der Waals surface area contributed by atoms with Crippen LogP contribution in [0, 0.1) is 0 Å². The molecule has 0 saturated carbocycles. The van der Waals surface area contributed by atoms with E-state index in [9.17, 15) is 5.11 Å². The number of rotatable bonds is 1. The second kappa shape index (κ2) is 2.95. The van der Waals surface area contributed by atoms with Gasteiger partial charge in [0.05, 0.1) is 6.61 Å². The Hall–Kier alpha value is 0.380. The average Bonchev–Trinajstić information content (AvgIpc) is 2.44. The van der Waals surface area contributed by atoms with E-state index in [1.807, 2.05) is 0 Å². The zero-order chi connectivity index (χ0) is 9.92. The van der Waals surface area contributed by atoms with Gasteiger partial charge in [0.25, 0.3) is 0 Å². The van der Waals surface area contributed by atoms with Crippen LogP contribution in [0.2, 0.25) is 0 Å². The summed E-state index contributed by atoms with van der Waals surface area (Å²) < 4.78 is 21.3. The van der Waals surface area contributed by atoms with E-state index in [1.54, 1.807) is 0 Å². The highest BCUT2D eigenvalue weighted by atomic mass is 35.5. The first-order valence-corrected chi connectivity index (χ1v) is 5.11. The highest BCUT2D eigenvalue weighted by Gasteiger charge is 2.64. The highest BCUT2D eigenvalue weighted by Crippen LogP contribution is 2.45. The van der Waals surface area contributed by atoms with Crippen LogP contribution in [-0.2, 0) is 18.9 Å². The fraction of sp³-hybridized carbons (Fsp3) is 1.00. The number of hydrogen-bond donors (Lipinski definition) is 1. The van der Waals surface area contributed by atoms with Gasteiger partial charge in [-0.2, -0.15) is 0 Å². The molecule has 0 aliphatic carbocycles. The molecule has 4 rings (SSSR count). The van der Waals surface area contributed by atoms with Crippen molar-refractivity contribution in [1.82, 2.24) is 0 Å². The van der Waals surface area contributed by atoms with Crippen LogP contribution in [0.15, 0.2) is 0 Å².